The van der Waals surface area contributed by atoms with Crippen molar-refractivity contribution in [3.05, 3.63) is 47.3 Å². The first-order valence-electron chi connectivity index (χ1n) is 9.94. The summed E-state index contributed by atoms with van der Waals surface area (Å²) in [7, 11) is 4.78. The highest BCUT2D eigenvalue weighted by Crippen LogP contribution is 2.23. The Balaban J connectivity index is 0.00000341. The van der Waals surface area contributed by atoms with Gasteiger partial charge in [0.2, 0.25) is 0 Å². The van der Waals surface area contributed by atoms with Crippen LogP contribution in [0.4, 0.5) is 0 Å². The van der Waals surface area contributed by atoms with E-state index in [9.17, 15) is 4.79 Å². The molecule has 170 valence electrons. The van der Waals surface area contributed by atoms with Crippen LogP contribution in [0.3, 0.4) is 0 Å². The number of aryl methyl sites for hydroxylation is 1. The first-order chi connectivity index (χ1) is 14.5. The number of carbonyl (C=O) groups excluding carboxylic acids is 1. The molecule has 2 aromatic rings. The lowest BCUT2D eigenvalue weighted by molar-refractivity contribution is -0.00805. The van der Waals surface area contributed by atoms with Crippen molar-refractivity contribution < 1.29 is 19.0 Å². The van der Waals surface area contributed by atoms with Crippen molar-refractivity contribution in [2.75, 3.05) is 40.5 Å². The summed E-state index contributed by atoms with van der Waals surface area (Å²) in [5.41, 5.74) is 2.33. The minimum Gasteiger partial charge on any atom is -0.496 e. The summed E-state index contributed by atoms with van der Waals surface area (Å²) in [6.07, 6.45) is 3.76. The van der Waals surface area contributed by atoms with Crippen molar-refractivity contribution in [2.45, 2.75) is 19.6 Å². The topological polar surface area (TPSA) is 90.2 Å². The van der Waals surface area contributed by atoms with Crippen LogP contribution < -0.4 is 10.1 Å². The van der Waals surface area contributed by atoms with Crippen LogP contribution in [-0.4, -0.2) is 67.1 Å². The number of rotatable bonds is 6. The Morgan fingerprint density at radius 1 is 1.39 bits per heavy atom. The molecule has 1 N–H and O–H groups in total. The van der Waals surface area contributed by atoms with E-state index >= 15 is 0 Å². The van der Waals surface area contributed by atoms with Crippen molar-refractivity contribution in [1.29, 1.82) is 0 Å². The van der Waals surface area contributed by atoms with Gasteiger partial charge in [0.25, 0.3) is 0 Å². The molecule has 1 aliphatic heterocycles. The SMILES string of the molecule is CCNC(=NCc1ccc(OC)c(C(=O)OC)c1)N1CCOC(c2cnn(C)c2)C1.I. The number of esters is 1. The molecule has 1 atom stereocenters. The number of benzene rings is 1. The van der Waals surface area contributed by atoms with Gasteiger partial charge >= 0.3 is 5.97 Å². The smallest absolute Gasteiger partial charge is 0.341 e. The number of guanidine groups is 1. The Labute approximate surface area is 199 Å². The van der Waals surface area contributed by atoms with Gasteiger partial charge in [-0.3, -0.25) is 4.68 Å². The Bertz CT molecular complexity index is 902. The number of aromatic nitrogens is 2. The maximum absolute atomic E-state index is 12.0. The van der Waals surface area contributed by atoms with E-state index in [2.05, 4.69) is 15.3 Å². The summed E-state index contributed by atoms with van der Waals surface area (Å²) in [6, 6.07) is 5.42. The van der Waals surface area contributed by atoms with Gasteiger partial charge in [-0.1, -0.05) is 6.07 Å². The van der Waals surface area contributed by atoms with Gasteiger partial charge in [-0.05, 0) is 24.6 Å². The molecule has 31 heavy (non-hydrogen) atoms. The number of nitrogens with one attached hydrogen (secondary N) is 1. The molecule has 0 bridgehead atoms. The first kappa shape index (κ1) is 24.9. The molecular formula is C21H30IN5O4. The summed E-state index contributed by atoms with van der Waals surface area (Å²) in [6.45, 7) is 5.26. The van der Waals surface area contributed by atoms with Gasteiger partial charge < -0.3 is 24.4 Å². The molecule has 10 heteroatoms. The van der Waals surface area contributed by atoms with E-state index in [0.717, 1.165) is 30.2 Å². The zero-order valence-corrected chi connectivity index (χ0v) is 20.7. The third-order valence-electron chi connectivity index (χ3n) is 4.88. The summed E-state index contributed by atoms with van der Waals surface area (Å²) in [4.78, 5) is 19.0. The molecule has 1 fully saturated rings. The third kappa shape index (κ3) is 6.33. The number of hydrogen-bond donors (Lipinski definition) is 1. The van der Waals surface area contributed by atoms with Gasteiger partial charge in [-0.2, -0.15) is 5.10 Å². The van der Waals surface area contributed by atoms with Gasteiger partial charge in [-0.25, -0.2) is 9.79 Å². The molecule has 2 heterocycles. The Morgan fingerprint density at radius 3 is 2.84 bits per heavy atom. The fraction of sp³-hybridized carbons (Fsp3) is 0.476. The average molecular weight is 543 g/mol. The Kier molecular flexibility index (Phi) is 9.56. The van der Waals surface area contributed by atoms with E-state index in [1.165, 1.54) is 14.2 Å². The van der Waals surface area contributed by atoms with Crippen LogP contribution in [0, 0.1) is 0 Å². The van der Waals surface area contributed by atoms with Crippen LogP contribution in [0.1, 0.15) is 34.5 Å². The number of morpholine rings is 1. The van der Waals surface area contributed by atoms with Crippen LogP contribution in [0.2, 0.25) is 0 Å². The van der Waals surface area contributed by atoms with Gasteiger partial charge in [0, 0.05) is 31.9 Å². The number of ether oxygens (including phenoxy) is 3. The molecule has 1 saturated heterocycles. The molecule has 1 aromatic heterocycles. The minimum absolute atomic E-state index is 0. The molecule has 0 radical (unpaired) electrons. The zero-order valence-electron chi connectivity index (χ0n) is 18.3. The van der Waals surface area contributed by atoms with E-state index in [0.29, 0.717) is 31.0 Å². The van der Waals surface area contributed by atoms with Crippen LogP contribution in [-0.2, 0) is 23.1 Å². The summed E-state index contributed by atoms with van der Waals surface area (Å²) in [5, 5.41) is 7.60. The highest BCUT2D eigenvalue weighted by atomic mass is 127. The molecule has 1 unspecified atom stereocenters. The summed E-state index contributed by atoms with van der Waals surface area (Å²) >= 11 is 0. The predicted octanol–water partition coefficient (Wildman–Crippen LogP) is 2.37. The third-order valence-corrected chi connectivity index (χ3v) is 4.88. The fourth-order valence-corrected chi connectivity index (χ4v) is 3.36. The van der Waals surface area contributed by atoms with E-state index in [1.54, 1.807) is 16.8 Å². The molecule has 1 aromatic carbocycles. The molecule has 0 aliphatic carbocycles. The molecule has 0 saturated carbocycles. The van der Waals surface area contributed by atoms with Gasteiger partial charge in [0.15, 0.2) is 5.96 Å². The van der Waals surface area contributed by atoms with E-state index in [-0.39, 0.29) is 30.1 Å². The van der Waals surface area contributed by atoms with Crippen LogP contribution >= 0.6 is 24.0 Å². The van der Waals surface area contributed by atoms with Crippen molar-refractivity contribution in [3.8, 4) is 5.75 Å². The van der Waals surface area contributed by atoms with Crippen LogP contribution in [0.15, 0.2) is 35.6 Å². The monoisotopic (exact) mass is 543 g/mol. The summed E-state index contributed by atoms with van der Waals surface area (Å²) < 4.78 is 17.8. The number of aliphatic imine (C=N–C) groups is 1. The highest BCUT2D eigenvalue weighted by molar-refractivity contribution is 14.0. The van der Waals surface area contributed by atoms with Crippen molar-refractivity contribution in [1.82, 2.24) is 20.0 Å². The summed E-state index contributed by atoms with van der Waals surface area (Å²) in [5.74, 6) is 0.858. The molecule has 9 nitrogen and oxygen atoms in total. The minimum atomic E-state index is -0.433. The molecule has 0 spiro atoms. The quantitative estimate of drug-likeness (QED) is 0.259. The average Bonchev–Trinajstić information content (AvgIpc) is 3.22. The largest absolute Gasteiger partial charge is 0.496 e. The Hall–Kier alpha value is -2.34. The molecule has 3 rings (SSSR count). The second kappa shape index (κ2) is 11.9. The first-order valence-corrected chi connectivity index (χ1v) is 9.94. The number of methoxy groups -OCH3 is 2. The Morgan fingerprint density at radius 2 is 2.19 bits per heavy atom. The lowest BCUT2D eigenvalue weighted by Crippen LogP contribution is -2.48. The normalized spacial score (nSPS) is 16.5. The second-order valence-corrected chi connectivity index (χ2v) is 6.95. The van der Waals surface area contributed by atoms with Gasteiger partial charge in [0.05, 0.1) is 40.1 Å². The lowest BCUT2D eigenvalue weighted by atomic mass is 10.1. The van der Waals surface area contributed by atoms with Crippen molar-refractivity contribution >= 4 is 35.9 Å². The molecular weight excluding hydrogens is 513 g/mol. The van der Waals surface area contributed by atoms with Crippen LogP contribution in [0.5, 0.6) is 5.75 Å². The standard InChI is InChI=1S/C21H29N5O4.HI/c1-5-22-21(26-8-9-30-19(14-26)16-12-24-25(2)13-16)23-11-15-6-7-18(28-3)17(10-15)20(27)29-4;/h6-7,10,12-13,19H,5,8-9,11,14H2,1-4H3,(H,22,23);1H. The highest BCUT2D eigenvalue weighted by Gasteiger charge is 2.25. The fourth-order valence-electron chi connectivity index (χ4n) is 3.36. The second-order valence-electron chi connectivity index (χ2n) is 6.95. The predicted molar refractivity (Wildman–Crippen MR) is 128 cm³/mol. The molecule has 1 aliphatic rings. The molecule has 0 amide bonds. The van der Waals surface area contributed by atoms with E-state index in [4.69, 9.17) is 19.2 Å². The number of carbonyl (C=O) groups is 1. The van der Waals surface area contributed by atoms with Gasteiger partial charge in [-0.15, -0.1) is 24.0 Å². The number of nitrogens with zero attached hydrogens (tertiary/aromatic N) is 4. The number of halogens is 1. The zero-order chi connectivity index (χ0) is 21.5. The van der Waals surface area contributed by atoms with Crippen molar-refractivity contribution in [2.24, 2.45) is 12.0 Å². The van der Waals surface area contributed by atoms with Crippen LogP contribution in [0.25, 0.3) is 0 Å². The van der Waals surface area contributed by atoms with Crippen molar-refractivity contribution in [3.63, 3.8) is 0 Å². The van der Waals surface area contributed by atoms with Gasteiger partial charge in [0.1, 0.15) is 17.4 Å². The lowest BCUT2D eigenvalue weighted by Gasteiger charge is -2.34. The maximum Gasteiger partial charge on any atom is 0.341 e. The number of hydrogen-bond acceptors (Lipinski definition) is 6. The van der Waals surface area contributed by atoms with E-state index in [1.807, 2.05) is 32.4 Å². The maximum atomic E-state index is 12.0. The van der Waals surface area contributed by atoms with E-state index < -0.39 is 5.97 Å².